The number of nitrogens with two attached hydrogens (primary N) is 1. The van der Waals surface area contributed by atoms with Crippen LogP contribution in [0.3, 0.4) is 0 Å². The molecule has 2 heterocycles. The van der Waals surface area contributed by atoms with E-state index in [1.807, 2.05) is 6.20 Å². The van der Waals surface area contributed by atoms with Crippen LogP contribution in [0.15, 0.2) is 6.20 Å². The van der Waals surface area contributed by atoms with E-state index in [1.165, 1.54) is 17.7 Å². The van der Waals surface area contributed by atoms with E-state index in [-0.39, 0.29) is 0 Å². The second-order valence-corrected chi connectivity index (χ2v) is 5.08. The predicted octanol–water partition coefficient (Wildman–Crippen LogP) is 1.84. The minimum absolute atomic E-state index is 0.613. The average molecular weight is 211 g/mol. The van der Waals surface area contributed by atoms with E-state index in [0.29, 0.717) is 6.54 Å². The van der Waals surface area contributed by atoms with E-state index in [9.17, 15) is 0 Å². The molecule has 0 unspecified atom stereocenters. The Morgan fingerprint density at radius 3 is 2.86 bits per heavy atom. The van der Waals surface area contributed by atoms with Gasteiger partial charge in [-0.2, -0.15) is 0 Å². The summed E-state index contributed by atoms with van der Waals surface area (Å²) < 4.78 is 0. The van der Waals surface area contributed by atoms with Crippen molar-refractivity contribution in [3.05, 3.63) is 11.1 Å². The monoisotopic (exact) mass is 211 g/mol. The summed E-state index contributed by atoms with van der Waals surface area (Å²) in [5.74, 6) is 0.875. The number of rotatable bonds is 2. The summed E-state index contributed by atoms with van der Waals surface area (Å²) in [4.78, 5) is 7.96. The molecule has 0 saturated carbocycles. The zero-order valence-electron chi connectivity index (χ0n) is 8.57. The minimum Gasteiger partial charge on any atom is -0.348 e. The number of thiazole rings is 1. The Labute approximate surface area is 88.9 Å². The highest BCUT2D eigenvalue weighted by atomic mass is 32.1. The first-order valence-corrected chi connectivity index (χ1v) is 6.01. The molecule has 1 aliphatic rings. The Kier molecular flexibility index (Phi) is 3.03. The van der Waals surface area contributed by atoms with Gasteiger partial charge in [0.05, 0.1) is 0 Å². The molecule has 0 atom stereocenters. The normalized spacial score (nSPS) is 18.9. The molecular weight excluding hydrogens is 194 g/mol. The molecule has 3 nitrogen and oxygen atoms in total. The van der Waals surface area contributed by atoms with Gasteiger partial charge in [-0.15, -0.1) is 11.3 Å². The highest BCUT2D eigenvalue weighted by Crippen LogP contribution is 2.26. The van der Waals surface area contributed by atoms with Crippen molar-refractivity contribution in [3.8, 4) is 0 Å². The van der Waals surface area contributed by atoms with Crippen molar-refractivity contribution in [2.75, 3.05) is 18.0 Å². The molecule has 0 aliphatic carbocycles. The first-order chi connectivity index (χ1) is 6.79. The molecule has 2 rings (SSSR count). The lowest BCUT2D eigenvalue weighted by molar-refractivity contribution is 0.438. The number of piperidine rings is 1. The van der Waals surface area contributed by atoms with Gasteiger partial charge in [0, 0.05) is 30.7 Å². The maximum Gasteiger partial charge on any atom is 0.185 e. The molecule has 0 spiro atoms. The van der Waals surface area contributed by atoms with Crippen LogP contribution in [-0.2, 0) is 6.54 Å². The number of aromatic nitrogens is 1. The standard InChI is InChI=1S/C10H17N3S/c1-8-2-4-13(5-3-8)10-12-7-9(6-11)14-10/h7-8H,2-6,11H2,1H3. The van der Waals surface area contributed by atoms with Crippen LogP contribution >= 0.6 is 11.3 Å². The lowest BCUT2D eigenvalue weighted by atomic mass is 10.00. The molecule has 1 aromatic rings. The Bertz CT molecular complexity index is 289. The van der Waals surface area contributed by atoms with Gasteiger partial charge in [0.25, 0.3) is 0 Å². The first-order valence-electron chi connectivity index (χ1n) is 5.19. The summed E-state index contributed by atoms with van der Waals surface area (Å²) >= 11 is 1.73. The van der Waals surface area contributed by atoms with E-state index in [1.54, 1.807) is 11.3 Å². The zero-order chi connectivity index (χ0) is 9.97. The number of hydrogen-bond acceptors (Lipinski definition) is 4. The van der Waals surface area contributed by atoms with Crippen LogP contribution in [0, 0.1) is 5.92 Å². The van der Waals surface area contributed by atoms with Crippen molar-refractivity contribution in [2.24, 2.45) is 11.7 Å². The van der Waals surface area contributed by atoms with Crippen molar-refractivity contribution in [1.29, 1.82) is 0 Å². The van der Waals surface area contributed by atoms with Crippen LogP contribution in [0.1, 0.15) is 24.6 Å². The highest BCUT2D eigenvalue weighted by Gasteiger charge is 2.17. The lowest BCUT2D eigenvalue weighted by Gasteiger charge is -2.29. The average Bonchev–Trinajstić information content (AvgIpc) is 2.67. The third kappa shape index (κ3) is 2.07. The Hall–Kier alpha value is -0.610. The van der Waals surface area contributed by atoms with Crippen molar-refractivity contribution < 1.29 is 0 Å². The first kappa shape index (κ1) is 9.93. The molecule has 0 aromatic carbocycles. The van der Waals surface area contributed by atoms with Crippen LogP contribution in [0.25, 0.3) is 0 Å². The van der Waals surface area contributed by atoms with E-state index in [0.717, 1.165) is 24.1 Å². The zero-order valence-corrected chi connectivity index (χ0v) is 9.39. The van der Waals surface area contributed by atoms with Crippen molar-refractivity contribution >= 4 is 16.5 Å². The predicted molar refractivity (Wildman–Crippen MR) is 60.6 cm³/mol. The van der Waals surface area contributed by atoms with Crippen LogP contribution < -0.4 is 10.6 Å². The van der Waals surface area contributed by atoms with Gasteiger partial charge < -0.3 is 10.6 Å². The number of anilines is 1. The molecule has 0 bridgehead atoms. The Morgan fingerprint density at radius 1 is 1.57 bits per heavy atom. The van der Waals surface area contributed by atoms with Gasteiger partial charge in [-0.05, 0) is 18.8 Å². The molecule has 4 heteroatoms. The summed E-state index contributed by atoms with van der Waals surface area (Å²) in [5.41, 5.74) is 5.57. The van der Waals surface area contributed by atoms with Crippen molar-refractivity contribution in [3.63, 3.8) is 0 Å². The SMILES string of the molecule is CC1CCN(c2ncc(CN)s2)CC1. The molecule has 0 amide bonds. The van der Waals surface area contributed by atoms with Gasteiger partial charge in [0.2, 0.25) is 0 Å². The second-order valence-electron chi connectivity index (χ2n) is 3.98. The minimum atomic E-state index is 0.613. The van der Waals surface area contributed by atoms with E-state index in [4.69, 9.17) is 5.73 Å². The van der Waals surface area contributed by atoms with Gasteiger partial charge in [-0.3, -0.25) is 0 Å². The molecule has 0 radical (unpaired) electrons. The second kappa shape index (κ2) is 4.28. The van der Waals surface area contributed by atoms with Crippen molar-refractivity contribution in [1.82, 2.24) is 4.98 Å². The molecule has 1 fully saturated rings. The van der Waals surface area contributed by atoms with Crippen LogP contribution in [0.5, 0.6) is 0 Å². The summed E-state index contributed by atoms with van der Waals surface area (Å²) in [6, 6.07) is 0. The third-order valence-electron chi connectivity index (χ3n) is 2.80. The fourth-order valence-electron chi connectivity index (χ4n) is 1.74. The van der Waals surface area contributed by atoms with Gasteiger partial charge >= 0.3 is 0 Å². The molecular formula is C10H17N3S. The quantitative estimate of drug-likeness (QED) is 0.811. The van der Waals surface area contributed by atoms with Crippen LogP contribution in [0.2, 0.25) is 0 Å². The highest BCUT2D eigenvalue weighted by molar-refractivity contribution is 7.15. The summed E-state index contributed by atoms with van der Waals surface area (Å²) in [6.45, 7) is 5.24. The molecule has 1 saturated heterocycles. The van der Waals surface area contributed by atoms with Crippen LogP contribution in [-0.4, -0.2) is 18.1 Å². The van der Waals surface area contributed by atoms with Gasteiger partial charge in [0.15, 0.2) is 5.13 Å². The third-order valence-corrected chi connectivity index (χ3v) is 3.88. The fourth-order valence-corrected chi connectivity index (χ4v) is 2.58. The molecule has 1 aromatic heterocycles. The topological polar surface area (TPSA) is 42.2 Å². The van der Waals surface area contributed by atoms with Gasteiger partial charge in [-0.25, -0.2) is 4.98 Å². The lowest BCUT2D eigenvalue weighted by Crippen LogP contribution is -2.32. The molecule has 78 valence electrons. The summed E-state index contributed by atoms with van der Waals surface area (Å²) in [6.07, 6.45) is 4.48. The van der Waals surface area contributed by atoms with Gasteiger partial charge in [-0.1, -0.05) is 6.92 Å². The largest absolute Gasteiger partial charge is 0.348 e. The van der Waals surface area contributed by atoms with E-state index >= 15 is 0 Å². The van der Waals surface area contributed by atoms with Crippen LogP contribution in [0.4, 0.5) is 5.13 Å². The van der Waals surface area contributed by atoms with E-state index in [2.05, 4.69) is 16.8 Å². The molecule has 2 N–H and O–H groups in total. The maximum absolute atomic E-state index is 5.57. The fraction of sp³-hybridized carbons (Fsp3) is 0.700. The number of nitrogens with zero attached hydrogens (tertiary/aromatic N) is 2. The molecule has 1 aliphatic heterocycles. The summed E-state index contributed by atoms with van der Waals surface area (Å²) in [5, 5.41) is 1.15. The number of hydrogen-bond donors (Lipinski definition) is 1. The molecule has 14 heavy (non-hydrogen) atoms. The summed E-state index contributed by atoms with van der Waals surface area (Å²) in [7, 11) is 0. The van der Waals surface area contributed by atoms with E-state index < -0.39 is 0 Å². The maximum atomic E-state index is 5.57. The Balaban J connectivity index is 2.01. The van der Waals surface area contributed by atoms with Crippen molar-refractivity contribution in [2.45, 2.75) is 26.3 Å². The Morgan fingerprint density at radius 2 is 2.29 bits per heavy atom. The van der Waals surface area contributed by atoms with Gasteiger partial charge in [0.1, 0.15) is 0 Å². The smallest absolute Gasteiger partial charge is 0.185 e.